The van der Waals surface area contributed by atoms with Crippen LogP contribution in [0.5, 0.6) is 0 Å². The van der Waals surface area contributed by atoms with Crippen molar-refractivity contribution in [3.8, 4) is 0 Å². The van der Waals surface area contributed by atoms with Gasteiger partial charge in [-0.15, -0.1) is 0 Å². The molecule has 0 bridgehead atoms. The quantitative estimate of drug-likeness (QED) is 0.790. The number of hydrogen-bond donors (Lipinski definition) is 1. The second-order valence-electron chi connectivity index (χ2n) is 5.17. The Bertz CT molecular complexity index is 626. The highest BCUT2D eigenvalue weighted by Gasteiger charge is 2.10. The molecule has 21 heavy (non-hydrogen) atoms. The number of nitrogens with zero attached hydrogens (tertiary/aromatic N) is 1. The van der Waals surface area contributed by atoms with Crippen LogP contribution < -0.4 is 5.32 Å². The Morgan fingerprint density at radius 2 is 1.67 bits per heavy atom. The van der Waals surface area contributed by atoms with E-state index >= 15 is 0 Å². The maximum absolute atomic E-state index is 12.2. The lowest BCUT2D eigenvalue weighted by Crippen LogP contribution is -2.24. The molecule has 2 rings (SSSR count). The Labute approximate surface area is 139 Å². The van der Waals surface area contributed by atoms with Gasteiger partial charge in [-0.05, 0) is 59.9 Å². The van der Waals surface area contributed by atoms with Crippen molar-refractivity contribution in [3.05, 3.63) is 68.8 Å². The van der Waals surface area contributed by atoms with E-state index in [1.807, 2.05) is 50.5 Å². The Hall–Kier alpha value is -1.40. The van der Waals surface area contributed by atoms with Gasteiger partial charge < -0.3 is 10.2 Å². The smallest absolute Gasteiger partial charge is 0.252 e. The lowest BCUT2D eigenvalue weighted by Gasteiger charge is -2.15. The zero-order valence-electron chi connectivity index (χ0n) is 12.3. The van der Waals surface area contributed by atoms with Crippen molar-refractivity contribution in [1.29, 1.82) is 0 Å². The molecule has 0 saturated carbocycles. The van der Waals surface area contributed by atoms with Gasteiger partial charge in [0.2, 0.25) is 0 Å². The van der Waals surface area contributed by atoms with Gasteiger partial charge in [0.05, 0.1) is 5.56 Å². The number of nitrogens with one attached hydrogen (secondary N) is 1. The first-order valence-electron chi connectivity index (χ1n) is 6.82. The molecule has 4 heteroatoms. The molecular formula is C17H19IN2O. The second kappa shape index (κ2) is 7.56. The first-order valence-corrected chi connectivity index (χ1v) is 7.90. The Kier molecular flexibility index (Phi) is 5.76. The molecule has 0 unspecified atom stereocenters. The van der Waals surface area contributed by atoms with Gasteiger partial charge >= 0.3 is 0 Å². The van der Waals surface area contributed by atoms with Gasteiger partial charge in [0.25, 0.3) is 5.91 Å². The average Bonchev–Trinajstić information content (AvgIpc) is 2.46. The van der Waals surface area contributed by atoms with Crippen molar-refractivity contribution in [3.63, 3.8) is 0 Å². The molecule has 0 aliphatic rings. The molecule has 1 amide bonds. The van der Waals surface area contributed by atoms with Gasteiger partial charge in [0.15, 0.2) is 0 Å². The highest BCUT2D eigenvalue weighted by molar-refractivity contribution is 14.1. The van der Waals surface area contributed by atoms with Crippen LogP contribution in [-0.4, -0.2) is 24.9 Å². The van der Waals surface area contributed by atoms with E-state index in [9.17, 15) is 4.79 Å². The van der Waals surface area contributed by atoms with E-state index in [1.54, 1.807) is 0 Å². The van der Waals surface area contributed by atoms with Crippen molar-refractivity contribution < 1.29 is 4.79 Å². The zero-order chi connectivity index (χ0) is 15.2. The number of halogens is 1. The Morgan fingerprint density at radius 1 is 1.05 bits per heavy atom. The minimum absolute atomic E-state index is 0.0281. The van der Waals surface area contributed by atoms with Gasteiger partial charge in [-0.2, -0.15) is 0 Å². The van der Waals surface area contributed by atoms with Crippen LogP contribution in [0.2, 0.25) is 0 Å². The van der Waals surface area contributed by atoms with Gasteiger partial charge in [-0.3, -0.25) is 4.79 Å². The molecule has 110 valence electrons. The Morgan fingerprint density at radius 3 is 2.33 bits per heavy atom. The first-order chi connectivity index (χ1) is 10.1. The molecule has 0 aliphatic carbocycles. The Balaban J connectivity index is 2.07. The summed E-state index contributed by atoms with van der Waals surface area (Å²) in [5.74, 6) is -0.0281. The summed E-state index contributed by atoms with van der Waals surface area (Å²) >= 11 is 2.19. The predicted octanol–water partition coefficient (Wildman–Crippen LogP) is 3.28. The fraction of sp³-hybridized carbons (Fsp3) is 0.235. The lowest BCUT2D eigenvalue weighted by molar-refractivity contribution is 0.0950. The molecule has 0 fully saturated rings. The fourth-order valence-electron chi connectivity index (χ4n) is 2.14. The zero-order valence-corrected chi connectivity index (χ0v) is 14.4. The fourth-order valence-corrected chi connectivity index (χ4v) is 2.77. The molecule has 0 aromatic heterocycles. The second-order valence-corrected chi connectivity index (χ2v) is 6.33. The van der Waals surface area contributed by atoms with E-state index < -0.39 is 0 Å². The van der Waals surface area contributed by atoms with Crippen molar-refractivity contribution in [1.82, 2.24) is 10.2 Å². The highest BCUT2D eigenvalue weighted by atomic mass is 127. The molecule has 2 aromatic carbocycles. The summed E-state index contributed by atoms with van der Waals surface area (Å²) in [7, 11) is 4.09. The summed E-state index contributed by atoms with van der Waals surface area (Å²) < 4.78 is 0.967. The number of carbonyl (C=O) groups excluding carboxylic acids is 1. The van der Waals surface area contributed by atoms with Crippen LogP contribution in [0.4, 0.5) is 0 Å². The number of rotatable bonds is 5. The maximum atomic E-state index is 12.2. The van der Waals surface area contributed by atoms with E-state index in [1.165, 1.54) is 5.56 Å². The summed E-state index contributed by atoms with van der Waals surface area (Å²) in [5.41, 5.74) is 3.12. The third kappa shape index (κ3) is 4.54. The normalized spacial score (nSPS) is 10.7. The molecule has 3 nitrogen and oxygen atoms in total. The molecule has 0 heterocycles. The van der Waals surface area contributed by atoms with Gasteiger partial charge in [0, 0.05) is 16.7 Å². The molecule has 2 aromatic rings. The van der Waals surface area contributed by atoms with Gasteiger partial charge in [-0.1, -0.05) is 36.4 Å². The monoisotopic (exact) mass is 394 g/mol. The number of hydrogen-bond acceptors (Lipinski definition) is 2. The average molecular weight is 394 g/mol. The minimum Gasteiger partial charge on any atom is -0.348 e. The molecular weight excluding hydrogens is 375 g/mol. The van der Waals surface area contributed by atoms with Crippen LogP contribution >= 0.6 is 22.6 Å². The predicted molar refractivity (Wildman–Crippen MR) is 94.2 cm³/mol. The SMILES string of the molecule is CN(C)Cc1ccccc1CNC(=O)c1ccccc1I. The lowest BCUT2D eigenvalue weighted by atomic mass is 10.1. The number of carbonyl (C=O) groups is 1. The van der Waals surface area contributed by atoms with Crippen LogP contribution in [-0.2, 0) is 13.1 Å². The van der Waals surface area contributed by atoms with Gasteiger partial charge in [-0.25, -0.2) is 0 Å². The minimum atomic E-state index is -0.0281. The molecule has 0 atom stereocenters. The van der Waals surface area contributed by atoms with Crippen LogP contribution in [0.3, 0.4) is 0 Å². The van der Waals surface area contributed by atoms with Crippen LogP contribution in [0, 0.1) is 3.57 Å². The molecule has 0 saturated heterocycles. The number of amides is 1. The van der Waals surface area contributed by atoms with Crippen LogP contribution in [0.25, 0.3) is 0 Å². The van der Waals surface area contributed by atoms with Crippen LogP contribution in [0.1, 0.15) is 21.5 Å². The standard InChI is InChI=1S/C17H19IN2O/c1-20(2)12-14-8-4-3-7-13(14)11-19-17(21)15-9-5-6-10-16(15)18/h3-10H,11-12H2,1-2H3,(H,19,21). The summed E-state index contributed by atoms with van der Waals surface area (Å²) in [6, 6.07) is 15.8. The summed E-state index contributed by atoms with van der Waals surface area (Å²) in [5, 5.41) is 3.01. The van der Waals surface area contributed by atoms with E-state index in [4.69, 9.17) is 0 Å². The highest BCUT2D eigenvalue weighted by Crippen LogP contribution is 2.13. The molecule has 0 spiro atoms. The molecule has 0 radical (unpaired) electrons. The molecule has 1 N–H and O–H groups in total. The third-order valence-corrected chi connectivity index (χ3v) is 4.10. The van der Waals surface area contributed by atoms with Crippen LogP contribution in [0.15, 0.2) is 48.5 Å². The van der Waals surface area contributed by atoms with Crippen molar-refractivity contribution >= 4 is 28.5 Å². The molecule has 0 aliphatic heterocycles. The third-order valence-electron chi connectivity index (χ3n) is 3.16. The number of benzene rings is 2. The van der Waals surface area contributed by atoms with Gasteiger partial charge in [0.1, 0.15) is 0 Å². The first kappa shape index (κ1) is 16.0. The van der Waals surface area contributed by atoms with Crippen molar-refractivity contribution in [2.45, 2.75) is 13.1 Å². The van der Waals surface area contributed by atoms with E-state index in [2.05, 4.69) is 44.9 Å². The van der Waals surface area contributed by atoms with E-state index in [0.717, 1.165) is 21.2 Å². The van der Waals surface area contributed by atoms with E-state index in [0.29, 0.717) is 6.54 Å². The summed E-state index contributed by atoms with van der Waals surface area (Å²) in [4.78, 5) is 14.4. The largest absolute Gasteiger partial charge is 0.348 e. The van der Waals surface area contributed by atoms with E-state index in [-0.39, 0.29) is 5.91 Å². The summed E-state index contributed by atoms with van der Waals surface area (Å²) in [6.45, 7) is 1.42. The van der Waals surface area contributed by atoms with Crippen molar-refractivity contribution in [2.24, 2.45) is 0 Å². The maximum Gasteiger partial charge on any atom is 0.252 e. The topological polar surface area (TPSA) is 32.3 Å². The summed E-state index contributed by atoms with van der Waals surface area (Å²) in [6.07, 6.45) is 0. The van der Waals surface area contributed by atoms with Crippen molar-refractivity contribution in [2.75, 3.05) is 14.1 Å².